The maximum atomic E-state index is 12.7. The summed E-state index contributed by atoms with van der Waals surface area (Å²) >= 11 is 0. The van der Waals surface area contributed by atoms with Gasteiger partial charge >= 0.3 is 12.1 Å². The molecule has 4 atom stereocenters. The molecule has 4 aliphatic rings. The number of fused-ring (bicyclic) bond motifs is 4. The summed E-state index contributed by atoms with van der Waals surface area (Å²) in [5.41, 5.74) is 4.78. The topological polar surface area (TPSA) is 95.9 Å². The van der Waals surface area contributed by atoms with Gasteiger partial charge in [0.15, 0.2) is 0 Å². The average molecular weight is 461 g/mol. The highest BCUT2D eigenvalue weighted by molar-refractivity contribution is 5.83. The van der Waals surface area contributed by atoms with Crippen LogP contribution in [0.3, 0.4) is 0 Å². The summed E-state index contributed by atoms with van der Waals surface area (Å²) in [6.07, 6.45) is 2.07. The van der Waals surface area contributed by atoms with Crippen molar-refractivity contribution in [3.8, 4) is 11.1 Å². The van der Waals surface area contributed by atoms with Crippen LogP contribution in [-0.4, -0.2) is 53.7 Å². The van der Waals surface area contributed by atoms with Gasteiger partial charge in [0.1, 0.15) is 6.61 Å². The minimum Gasteiger partial charge on any atom is -0.481 e. The van der Waals surface area contributed by atoms with Gasteiger partial charge in [-0.15, -0.1) is 0 Å². The molecular weight excluding hydrogens is 432 g/mol. The number of nitrogens with one attached hydrogen (secondary N) is 1. The van der Waals surface area contributed by atoms with Crippen LogP contribution in [0.4, 0.5) is 4.79 Å². The molecule has 2 aromatic rings. The minimum atomic E-state index is -0.831. The zero-order chi connectivity index (χ0) is 23.4. The van der Waals surface area contributed by atoms with Gasteiger partial charge in [0.25, 0.3) is 0 Å². The summed E-state index contributed by atoms with van der Waals surface area (Å²) in [6.45, 7) is 0.935. The molecule has 2 amide bonds. The molecule has 0 aromatic heterocycles. The average Bonchev–Trinajstić information content (AvgIpc) is 3.30. The van der Waals surface area contributed by atoms with Crippen molar-refractivity contribution in [2.45, 2.75) is 31.2 Å². The second-order valence-corrected chi connectivity index (χ2v) is 10.2. The van der Waals surface area contributed by atoms with Crippen molar-refractivity contribution in [3.05, 3.63) is 59.7 Å². The lowest BCUT2D eigenvalue weighted by Gasteiger charge is -2.40. The van der Waals surface area contributed by atoms with E-state index in [1.807, 2.05) is 24.3 Å². The molecule has 3 fully saturated rings. The molecule has 176 valence electrons. The molecule has 0 bridgehead atoms. The van der Waals surface area contributed by atoms with E-state index in [0.29, 0.717) is 31.5 Å². The Bertz CT molecular complexity index is 1110. The van der Waals surface area contributed by atoms with Crippen molar-refractivity contribution >= 4 is 18.0 Å². The minimum absolute atomic E-state index is 0.0342. The number of carboxylic acids is 1. The fraction of sp³-hybridized carbons (Fsp3) is 0.444. The second kappa shape index (κ2) is 8.15. The van der Waals surface area contributed by atoms with Crippen molar-refractivity contribution < 1.29 is 24.2 Å². The monoisotopic (exact) mass is 460 g/mol. The van der Waals surface area contributed by atoms with Crippen molar-refractivity contribution in [1.29, 1.82) is 0 Å². The van der Waals surface area contributed by atoms with Crippen molar-refractivity contribution in [2.24, 2.45) is 23.7 Å². The first kappa shape index (κ1) is 21.2. The molecule has 2 saturated carbocycles. The van der Waals surface area contributed by atoms with Crippen LogP contribution in [0, 0.1) is 23.7 Å². The molecule has 1 saturated heterocycles. The number of aliphatic carboxylic acids is 1. The highest BCUT2D eigenvalue weighted by Gasteiger charge is 2.51. The van der Waals surface area contributed by atoms with Gasteiger partial charge in [-0.3, -0.25) is 9.59 Å². The van der Waals surface area contributed by atoms with Gasteiger partial charge in [-0.25, -0.2) is 4.79 Å². The van der Waals surface area contributed by atoms with Gasteiger partial charge in [0.05, 0.1) is 5.92 Å². The number of hydrogen-bond acceptors (Lipinski definition) is 4. The van der Waals surface area contributed by atoms with E-state index in [2.05, 4.69) is 29.6 Å². The van der Waals surface area contributed by atoms with Crippen LogP contribution in [0.1, 0.15) is 36.3 Å². The molecule has 1 heterocycles. The third-order valence-electron chi connectivity index (χ3n) is 8.36. The van der Waals surface area contributed by atoms with Crippen LogP contribution in [0.15, 0.2) is 48.5 Å². The molecule has 1 unspecified atom stereocenters. The third-order valence-corrected chi connectivity index (χ3v) is 8.36. The Balaban J connectivity index is 1.02. The fourth-order valence-corrected chi connectivity index (χ4v) is 6.46. The zero-order valence-corrected chi connectivity index (χ0v) is 18.9. The number of alkyl carbamates (subject to hydrolysis) is 1. The van der Waals surface area contributed by atoms with Crippen LogP contribution in [0.25, 0.3) is 11.1 Å². The van der Waals surface area contributed by atoms with E-state index in [1.165, 1.54) is 22.3 Å². The highest BCUT2D eigenvalue weighted by atomic mass is 16.5. The molecular formula is C27H28N2O5. The fourth-order valence-electron chi connectivity index (χ4n) is 6.46. The summed E-state index contributed by atoms with van der Waals surface area (Å²) in [5.74, 6) is -0.457. The Kier molecular flexibility index (Phi) is 5.08. The number of carbonyl (C=O) groups excluding carboxylic acids is 2. The predicted molar refractivity (Wildman–Crippen MR) is 124 cm³/mol. The van der Waals surface area contributed by atoms with Gasteiger partial charge in [-0.1, -0.05) is 48.5 Å². The van der Waals surface area contributed by atoms with Crippen LogP contribution >= 0.6 is 0 Å². The molecule has 7 nitrogen and oxygen atoms in total. The standard InChI is InChI=1S/C27H28N2O5/c30-25(29-12-17(13-29)26(31)32)16-9-15-11-24(22(15)10-16)28-27(33)34-14-23-20-7-3-1-5-18(20)19-6-2-4-8-21(19)23/h1-8,15-17,22-24H,9-14H2,(H,28,33)(H,31,32)/t15-,16?,22-,24+/m0/s1. The van der Waals surface area contributed by atoms with Gasteiger partial charge < -0.3 is 20.1 Å². The number of hydrogen-bond donors (Lipinski definition) is 2. The summed E-state index contributed by atoms with van der Waals surface area (Å²) in [6, 6.07) is 16.6. The van der Waals surface area contributed by atoms with Gasteiger partial charge in [0.2, 0.25) is 5.91 Å². The smallest absolute Gasteiger partial charge is 0.407 e. The van der Waals surface area contributed by atoms with Crippen LogP contribution < -0.4 is 5.32 Å². The molecule has 7 heteroatoms. The quantitative estimate of drug-likeness (QED) is 0.712. The van der Waals surface area contributed by atoms with Crippen molar-refractivity contribution in [2.75, 3.05) is 19.7 Å². The second-order valence-electron chi connectivity index (χ2n) is 10.2. The number of rotatable bonds is 5. The molecule has 2 N–H and O–H groups in total. The molecule has 3 aliphatic carbocycles. The maximum absolute atomic E-state index is 12.7. The Morgan fingerprint density at radius 1 is 0.912 bits per heavy atom. The summed E-state index contributed by atoms with van der Waals surface area (Å²) < 4.78 is 5.69. The van der Waals surface area contributed by atoms with Crippen LogP contribution in [-0.2, 0) is 14.3 Å². The van der Waals surface area contributed by atoms with E-state index in [9.17, 15) is 14.4 Å². The molecule has 1 aliphatic heterocycles. The lowest BCUT2D eigenvalue weighted by Crippen LogP contribution is -2.54. The maximum Gasteiger partial charge on any atom is 0.407 e. The molecule has 2 aromatic carbocycles. The summed E-state index contributed by atoms with van der Waals surface area (Å²) in [4.78, 5) is 38.0. The van der Waals surface area contributed by atoms with Crippen molar-refractivity contribution in [1.82, 2.24) is 10.2 Å². The number of likely N-dealkylation sites (tertiary alicyclic amines) is 1. The van der Waals surface area contributed by atoms with Crippen LogP contribution in [0.2, 0.25) is 0 Å². The Morgan fingerprint density at radius 2 is 1.56 bits per heavy atom. The van der Waals surface area contributed by atoms with E-state index in [4.69, 9.17) is 9.84 Å². The third kappa shape index (κ3) is 3.45. The van der Waals surface area contributed by atoms with E-state index in [-0.39, 0.29) is 23.8 Å². The summed E-state index contributed by atoms with van der Waals surface area (Å²) in [7, 11) is 0. The van der Waals surface area contributed by atoms with Gasteiger partial charge in [0, 0.05) is 31.0 Å². The first-order chi connectivity index (χ1) is 16.5. The highest BCUT2D eigenvalue weighted by Crippen LogP contribution is 2.50. The number of carbonyl (C=O) groups is 3. The zero-order valence-electron chi connectivity index (χ0n) is 18.9. The number of ether oxygens (including phenoxy) is 1. The normalized spacial score (nSPS) is 27.1. The van der Waals surface area contributed by atoms with E-state index in [0.717, 1.165) is 19.3 Å². The first-order valence-electron chi connectivity index (χ1n) is 12.1. The SMILES string of the molecule is O=C(N[C@@H]1C[C@@H]2CC(C(=O)N3CC(C(=O)O)C3)C[C@@H]21)OCC1c2ccccc2-c2ccccc21. The number of nitrogens with zero attached hydrogens (tertiary/aromatic N) is 1. The van der Waals surface area contributed by atoms with Crippen molar-refractivity contribution in [3.63, 3.8) is 0 Å². The lowest BCUT2D eigenvalue weighted by molar-refractivity contribution is -0.154. The molecule has 0 radical (unpaired) electrons. The van der Waals surface area contributed by atoms with Gasteiger partial charge in [-0.2, -0.15) is 0 Å². The van der Waals surface area contributed by atoms with E-state index >= 15 is 0 Å². The first-order valence-corrected chi connectivity index (χ1v) is 12.1. The number of carboxylic acid groups (broad SMARTS) is 1. The van der Waals surface area contributed by atoms with E-state index in [1.54, 1.807) is 4.90 Å². The van der Waals surface area contributed by atoms with Gasteiger partial charge in [-0.05, 0) is 53.4 Å². The largest absolute Gasteiger partial charge is 0.481 e. The summed E-state index contributed by atoms with van der Waals surface area (Å²) in [5, 5.41) is 12.1. The molecule has 34 heavy (non-hydrogen) atoms. The number of benzene rings is 2. The predicted octanol–water partition coefficient (Wildman–Crippen LogP) is 3.48. The lowest BCUT2D eigenvalue weighted by atomic mass is 9.71. The Morgan fingerprint density at radius 3 is 2.21 bits per heavy atom. The van der Waals surface area contributed by atoms with Crippen LogP contribution in [0.5, 0.6) is 0 Å². The number of amides is 2. The Hall–Kier alpha value is -3.35. The Labute approximate surface area is 198 Å². The van der Waals surface area contributed by atoms with E-state index < -0.39 is 18.0 Å². The molecule has 0 spiro atoms. The molecule has 6 rings (SSSR count).